The first-order valence-electron chi connectivity index (χ1n) is 7.61. The minimum atomic E-state index is -0.605. The summed E-state index contributed by atoms with van der Waals surface area (Å²) in [7, 11) is 0. The van der Waals surface area contributed by atoms with Crippen molar-refractivity contribution in [1.29, 1.82) is 0 Å². The fourth-order valence-corrected chi connectivity index (χ4v) is 2.64. The number of urea groups is 1. The van der Waals surface area contributed by atoms with Crippen molar-refractivity contribution in [2.24, 2.45) is 0 Å². The van der Waals surface area contributed by atoms with Crippen molar-refractivity contribution in [3.05, 3.63) is 41.0 Å². The molecule has 0 aliphatic carbocycles. The molecule has 1 atom stereocenters. The number of hydrogen-bond acceptors (Lipinski definition) is 5. The predicted molar refractivity (Wildman–Crippen MR) is 87.7 cm³/mol. The third-order valence-corrected chi connectivity index (χ3v) is 4.10. The van der Waals surface area contributed by atoms with Crippen molar-refractivity contribution in [2.75, 3.05) is 4.90 Å². The van der Waals surface area contributed by atoms with Gasteiger partial charge in [0.2, 0.25) is 5.89 Å². The van der Waals surface area contributed by atoms with E-state index in [1.54, 1.807) is 31.2 Å². The molecule has 126 valence electrons. The molecule has 2 aromatic rings. The Kier molecular flexibility index (Phi) is 4.28. The average molecular weight is 349 g/mol. The first-order chi connectivity index (χ1) is 11.4. The van der Waals surface area contributed by atoms with Gasteiger partial charge in [-0.2, -0.15) is 4.98 Å². The smallest absolute Gasteiger partial charge is 0.332 e. The molecular weight excluding hydrogens is 332 g/mol. The summed E-state index contributed by atoms with van der Waals surface area (Å²) in [4.78, 5) is 31.9. The minimum Gasteiger partial charge on any atom is -0.337 e. The maximum Gasteiger partial charge on any atom is 0.332 e. The minimum absolute atomic E-state index is 0.0359. The molecule has 3 amide bonds. The van der Waals surface area contributed by atoms with Gasteiger partial charge in [-0.1, -0.05) is 30.6 Å². The number of carbonyl (C=O) groups is 2. The number of amides is 3. The van der Waals surface area contributed by atoms with Crippen molar-refractivity contribution in [1.82, 2.24) is 15.0 Å². The second kappa shape index (κ2) is 6.24. The van der Waals surface area contributed by atoms with E-state index in [9.17, 15) is 9.59 Å². The third-order valence-electron chi connectivity index (χ3n) is 3.85. The molecule has 3 rings (SSSR count). The Labute approximate surface area is 144 Å². The van der Waals surface area contributed by atoms with Crippen LogP contribution in [0.1, 0.15) is 38.4 Å². The molecule has 1 fully saturated rings. The van der Waals surface area contributed by atoms with E-state index >= 15 is 0 Å². The van der Waals surface area contributed by atoms with Crippen LogP contribution in [0.5, 0.6) is 0 Å². The Morgan fingerprint density at radius 2 is 1.92 bits per heavy atom. The van der Waals surface area contributed by atoms with Crippen molar-refractivity contribution < 1.29 is 14.1 Å². The summed E-state index contributed by atoms with van der Waals surface area (Å²) in [6, 6.07) is 5.74. The quantitative estimate of drug-likeness (QED) is 0.793. The van der Waals surface area contributed by atoms with Crippen LogP contribution in [0.3, 0.4) is 0 Å². The fraction of sp³-hybridized carbons (Fsp3) is 0.375. The molecule has 1 aromatic heterocycles. The van der Waals surface area contributed by atoms with Crippen molar-refractivity contribution >= 4 is 29.2 Å². The highest BCUT2D eigenvalue weighted by molar-refractivity contribution is 6.30. The van der Waals surface area contributed by atoms with Crippen molar-refractivity contribution in [2.45, 2.75) is 39.3 Å². The molecule has 7 nitrogen and oxygen atoms in total. The van der Waals surface area contributed by atoms with Gasteiger partial charge < -0.3 is 4.52 Å². The SMILES string of the molecule is CC(C)c1noc(CN2C(=O)[C@H](C)N(c3ccc(Cl)cc3)C2=O)n1. The van der Waals surface area contributed by atoms with E-state index in [4.69, 9.17) is 16.1 Å². The second-order valence-corrected chi connectivity index (χ2v) is 6.37. The lowest BCUT2D eigenvalue weighted by atomic mass is 10.2. The third kappa shape index (κ3) is 2.87. The first kappa shape index (κ1) is 16.4. The Balaban J connectivity index is 1.83. The topological polar surface area (TPSA) is 79.5 Å². The largest absolute Gasteiger partial charge is 0.337 e. The van der Waals surface area contributed by atoms with Crippen LogP contribution in [0.2, 0.25) is 5.02 Å². The van der Waals surface area contributed by atoms with E-state index in [-0.39, 0.29) is 24.3 Å². The zero-order chi connectivity index (χ0) is 17.4. The summed E-state index contributed by atoms with van der Waals surface area (Å²) in [5.74, 6) is 0.591. The predicted octanol–water partition coefficient (Wildman–Crippen LogP) is 3.20. The molecule has 0 radical (unpaired) electrons. The Morgan fingerprint density at radius 1 is 1.25 bits per heavy atom. The number of carbonyl (C=O) groups excluding carboxylic acids is 2. The van der Waals surface area contributed by atoms with Crippen LogP contribution in [-0.4, -0.2) is 33.0 Å². The van der Waals surface area contributed by atoms with Crippen LogP contribution in [0.15, 0.2) is 28.8 Å². The molecule has 0 N–H and O–H groups in total. The number of anilines is 1. The highest BCUT2D eigenvalue weighted by Crippen LogP contribution is 2.28. The van der Waals surface area contributed by atoms with Crippen molar-refractivity contribution in [3.63, 3.8) is 0 Å². The number of aromatic nitrogens is 2. The highest BCUT2D eigenvalue weighted by atomic mass is 35.5. The lowest BCUT2D eigenvalue weighted by molar-refractivity contribution is -0.127. The normalized spacial score (nSPS) is 18.1. The molecule has 2 heterocycles. The molecule has 24 heavy (non-hydrogen) atoms. The molecule has 0 saturated carbocycles. The summed E-state index contributed by atoms with van der Waals surface area (Å²) < 4.78 is 5.13. The van der Waals surface area contributed by atoms with Crippen LogP contribution in [-0.2, 0) is 11.3 Å². The number of nitrogens with zero attached hydrogens (tertiary/aromatic N) is 4. The van der Waals surface area contributed by atoms with Gasteiger partial charge in [0.15, 0.2) is 5.82 Å². The van der Waals surface area contributed by atoms with E-state index < -0.39 is 12.1 Å². The van der Waals surface area contributed by atoms with Crippen LogP contribution in [0, 0.1) is 0 Å². The van der Waals surface area contributed by atoms with Crippen LogP contribution in [0.4, 0.5) is 10.5 Å². The molecule has 8 heteroatoms. The molecule has 1 aromatic carbocycles. The number of hydrogen-bond donors (Lipinski definition) is 0. The second-order valence-electron chi connectivity index (χ2n) is 5.93. The number of halogens is 1. The van der Waals surface area contributed by atoms with E-state index in [1.807, 2.05) is 13.8 Å². The van der Waals surface area contributed by atoms with Gasteiger partial charge in [0, 0.05) is 16.6 Å². The van der Waals surface area contributed by atoms with Gasteiger partial charge in [-0.05, 0) is 31.2 Å². The van der Waals surface area contributed by atoms with Gasteiger partial charge in [-0.25, -0.2) is 4.79 Å². The molecule has 1 saturated heterocycles. The van der Waals surface area contributed by atoms with Crippen LogP contribution >= 0.6 is 11.6 Å². The maximum absolute atomic E-state index is 12.7. The number of imide groups is 1. The lowest BCUT2D eigenvalue weighted by Gasteiger charge is -2.19. The van der Waals surface area contributed by atoms with Gasteiger partial charge in [0.25, 0.3) is 5.91 Å². The maximum atomic E-state index is 12.7. The van der Waals surface area contributed by atoms with E-state index in [0.717, 1.165) is 4.90 Å². The summed E-state index contributed by atoms with van der Waals surface area (Å²) in [5, 5.41) is 4.41. The zero-order valence-corrected chi connectivity index (χ0v) is 14.3. The van der Waals surface area contributed by atoms with E-state index in [2.05, 4.69) is 10.1 Å². The number of rotatable bonds is 4. The molecule has 0 unspecified atom stereocenters. The summed E-state index contributed by atoms with van der Waals surface area (Å²) in [5.41, 5.74) is 0.612. The first-order valence-corrected chi connectivity index (χ1v) is 7.99. The van der Waals surface area contributed by atoms with Crippen LogP contribution < -0.4 is 4.90 Å². The Hall–Kier alpha value is -2.41. The zero-order valence-electron chi connectivity index (χ0n) is 13.6. The Morgan fingerprint density at radius 3 is 2.50 bits per heavy atom. The molecular formula is C16H17ClN4O3. The van der Waals surface area contributed by atoms with Gasteiger partial charge in [0.1, 0.15) is 12.6 Å². The van der Waals surface area contributed by atoms with Gasteiger partial charge in [-0.3, -0.25) is 14.6 Å². The molecule has 1 aliphatic rings. The number of benzene rings is 1. The molecule has 1 aliphatic heterocycles. The van der Waals surface area contributed by atoms with E-state index in [0.29, 0.717) is 16.5 Å². The Bertz CT molecular complexity index is 772. The fourth-order valence-electron chi connectivity index (χ4n) is 2.51. The summed E-state index contributed by atoms with van der Waals surface area (Å²) in [6.45, 7) is 5.52. The van der Waals surface area contributed by atoms with Gasteiger partial charge in [-0.15, -0.1) is 0 Å². The van der Waals surface area contributed by atoms with Crippen LogP contribution in [0.25, 0.3) is 0 Å². The standard InChI is InChI=1S/C16H17ClN4O3/c1-9(2)14-18-13(24-19-14)8-20-15(22)10(3)21(16(20)23)12-6-4-11(17)5-7-12/h4-7,9-10H,8H2,1-3H3/t10-/m0/s1. The lowest BCUT2D eigenvalue weighted by Crippen LogP contribution is -2.33. The highest BCUT2D eigenvalue weighted by Gasteiger charge is 2.44. The molecule has 0 bridgehead atoms. The molecule has 0 spiro atoms. The monoisotopic (exact) mass is 348 g/mol. The van der Waals surface area contributed by atoms with E-state index in [1.165, 1.54) is 4.90 Å². The van der Waals surface area contributed by atoms with Crippen molar-refractivity contribution in [3.8, 4) is 0 Å². The summed E-state index contributed by atoms with van der Waals surface area (Å²) in [6.07, 6.45) is 0. The van der Waals surface area contributed by atoms with Gasteiger partial charge in [0.05, 0.1) is 0 Å². The average Bonchev–Trinajstić information content (AvgIpc) is 3.09. The summed E-state index contributed by atoms with van der Waals surface area (Å²) >= 11 is 5.88. The van der Waals surface area contributed by atoms with Gasteiger partial charge >= 0.3 is 6.03 Å².